The molecule has 1 saturated heterocycles. The first-order valence-electron chi connectivity index (χ1n) is 5.70. The van der Waals surface area contributed by atoms with Crippen molar-refractivity contribution in [2.75, 3.05) is 6.61 Å². The number of hydrogen-bond acceptors (Lipinski definition) is 6. The van der Waals surface area contributed by atoms with Gasteiger partial charge in [0.2, 0.25) is 5.82 Å². The summed E-state index contributed by atoms with van der Waals surface area (Å²) in [7, 11) is 0. The third kappa shape index (κ3) is 1.82. The van der Waals surface area contributed by atoms with Gasteiger partial charge in [0.05, 0.1) is 4.88 Å². The maximum absolute atomic E-state index is 8.79. The Morgan fingerprint density at radius 1 is 1.50 bits per heavy atom. The second-order valence-electron chi connectivity index (χ2n) is 4.38. The Hall–Kier alpha value is -1.71. The Balaban J connectivity index is 1.92. The minimum Gasteiger partial charge on any atom is -0.367 e. The Kier molecular flexibility index (Phi) is 2.65. The monoisotopic (exact) mass is 261 g/mol. The van der Waals surface area contributed by atoms with Crippen LogP contribution in [0.5, 0.6) is 0 Å². The van der Waals surface area contributed by atoms with E-state index < -0.39 is 5.60 Å². The Morgan fingerprint density at radius 2 is 2.39 bits per heavy atom. The summed E-state index contributed by atoms with van der Waals surface area (Å²) >= 11 is 1.34. The number of rotatable bonds is 2. The molecule has 1 atom stereocenters. The summed E-state index contributed by atoms with van der Waals surface area (Å²) in [5, 5.41) is 12.8. The van der Waals surface area contributed by atoms with Gasteiger partial charge in [0.15, 0.2) is 0 Å². The molecule has 0 spiro atoms. The lowest BCUT2D eigenvalue weighted by atomic mass is 10.0. The molecular formula is C12H11N3O2S. The molecule has 1 aliphatic heterocycles. The van der Waals surface area contributed by atoms with Gasteiger partial charge in [-0.1, -0.05) is 5.16 Å². The minimum atomic E-state index is -0.433. The molecule has 1 fully saturated rings. The van der Waals surface area contributed by atoms with Crippen molar-refractivity contribution in [3.05, 3.63) is 22.8 Å². The third-order valence-electron chi connectivity index (χ3n) is 3.04. The van der Waals surface area contributed by atoms with Gasteiger partial charge in [-0.2, -0.15) is 10.2 Å². The standard InChI is InChI=1S/C12H11N3O2S/c1-12(5-2-6-16-12)11-14-10(17-15-11)9-4-3-8(7-13)18-9/h3-4H,2,5-6H2,1H3. The molecular weight excluding hydrogens is 250 g/mol. The Bertz CT molecular complexity index is 605. The van der Waals surface area contributed by atoms with Crippen molar-refractivity contribution < 1.29 is 9.26 Å². The van der Waals surface area contributed by atoms with E-state index in [1.807, 2.05) is 13.0 Å². The van der Waals surface area contributed by atoms with Crippen LogP contribution in [0.1, 0.15) is 30.5 Å². The summed E-state index contributed by atoms with van der Waals surface area (Å²) < 4.78 is 10.9. The van der Waals surface area contributed by atoms with Crippen molar-refractivity contribution in [3.63, 3.8) is 0 Å². The first-order chi connectivity index (χ1) is 8.71. The number of nitrogens with zero attached hydrogens (tertiary/aromatic N) is 3. The quantitative estimate of drug-likeness (QED) is 0.831. The van der Waals surface area contributed by atoms with E-state index in [9.17, 15) is 0 Å². The summed E-state index contributed by atoms with van der Waals surface area (Å²) in [6.45, 7) is 2.71. The summed E-state index contributed by atoms with van der Waals surface area (Å²) in [6, 6.07) is 5.66. The van der Waals surface area contributed by atoms with E-state index in [0.717, 1.165) is 24.3 Å². The predicted molar refractivity (Wildman–Crippen MR) is 64.9 cm³/mol. The zero-order chi connectivity index (χ0) is 12.6. The van der Waals surface area contributed by atoms with E-state index in [-0.39, 0.29) is 0 Å². The lowest BCUT2D eigenvalue weighted by molar-refractivity contribution is 0.00768. The van der Waals surface area contributed by atoms with Crippen LogP contribution in [0.3, 0.4) is 0 Å². The lowest BCUT2D eigenvalue weighted by Crippen LogP contribution is -2.21. The van der Waals surface area contributed by atoms with Crippen LogP contribution in [-0.2, 0) is 10.3 Å². The average molecular weight is 261 g/mol. The van der Waals surface area contributed by atoms with E-state index in [1.165, 1.54) is 11.3 Å². The van der Waals surface area contributed by atoms with E-state index in [0.29, 0.717) is 16.6 Å². The fourth-order valence-electron chi connectivity index (χ4n) is 2.01. The van der Waals surface area contributed by atoms with Crippen molar-refractivity contribution in [1.29, 1.82) is 5.26 Å². The van der Waals surface area contributed by atoms with Crippen LogP contribution < -0.4 is 0 Å². The summed E-state index contributed by atoms with van der Waals surface area (Å²) in [5.41, 5.74) is -0.433. The van der Waals surface area contributed by atoms with Gasteiger partial charge in [0.25, 0.3) is 5.89 Å². The normalized spacial score (nSPS) is 23.1. The van der Waals surface area contributed by atoms with Gasteiger partial charge in [0.1, 0.15) is 16.5 Å². The van der Waals surface area contributed by atoms with Crippen molar-refractivity contribution in [1.82, 2.24) is 10.1 Å². The molecule has 0 aromatic carbocycles. The van der Waals surface area contributed by atoms with Gasteiger partial charge in [-0.25, -0.2) is 0 Å². The molecule has 18 heavy (non-hydrogen) atoms. The fourth-order valence-corrected chi connectivity index (χ4v) is 2.73. The maximum atomic E-state index is 8.79. The number of ether oxygens (including phenoxy) is 1. The van der Waals surface area contributed by atoms with Crippen LogP contribution in [-0.4, -0.2) is 16.7 Å². The largest absolute Gasteiger partial charge is 0.367 e. The minimum absolute atomic E-state index is 0.433. The fraction of sp³-hybridized carbons (Fsp3) is 0.417. The van der Waals surface area contributed by atoms with Crippen molar-refractivity contribution in [2.45, 2.75) is 25.4 Å². The SMILES string of the molecule is CC1(c2noc(-c3ccc(C#N)s3)n2)CCCO1. The first kappa shape index (κ1) is 11.4. The molecule has 0 saturated carbocycles. The number of hydrogen-bond donors (Lipinski definition) is 0. The van der Waals surface area contributed by atoms with E-state index >= 15 is 0 Å². The molecule has 3 heterocycles. The van der Waals surface area contributed by atoms with E-state index in [2.05, 4.69) is 16.2 Å². The summed E-state index contributed by atoms with van der Waals surface area (Å²) in [6.07, 6.45) is 1.91. The molecule has 6 heteroatoms. The molecule has 3 rings (SSSR count). The molecule has 92 valence electrons. The summed E-state index contributed by atoms with van der Waals surface area (Å²) in [4.78, 5) is 5.82. The molecule has 0 radical (unpaired) electrons. The van der Waals surface area contributed by atoms with Gasteiger partial charge in [0, 0.05) is 6.61 Å². The molecule has 2 aromatic heterocycles. The van der Waals surface area contributed by atoms with Crippen LogP contribution in [0.4, 0.5) is 0 Å². The van der Waals surface area contributed by atoms with Gasteiger partial charge >= 0.3 is 0 Å². The Morgan fingerprint density at radius 3 is 3.06 bits per heavy atom. The molecule has 0 amide bonds. The number of nitriles is 1. The maximum Gasteiger partial charge on any atom is 0.268 e. The highest BCUT2D eigenvalue weighted by molar-refractivity contribution is 7.15. The van der Waals surface area contributed by atoms with Crippen molar-refractivity contribution in [2.24, 2.45) is 0 Å². The second-order valence-corrected chi connectivity index (χ2v) is 5.47. The number of thiophene rings is 1. The lowest BCUT2D eigenvalue weighted by Gasteiger charge is -2.17. The smallest absolute Gasteiger partial charge is 0.268 e. The highest BCUT2D eigenvalue weighted by Gasteiger charge is 2.36. The average Bonchev–Trinajstić information content (AvgIpc) is 3.08. The van der Waals surface area contributed by atoms with Gasteiger partial charge in [-0.05, 0) is 31.9 Å². The van der Waals surface area contributed by atoms with Gasteiger partial charge in [-0.15, -0.1) is 11.3 Å². The second kappa shape index (κ2) is 4.19. The molecule has 0 N–H and O–H groups in total. The van der Waals surface area contributed by atoms with Crippen molar-refractivity contribution >= 4 is 11.3 Å². The molecule has 2 aromatic rings. The molecule has 1 unspecified atom stereocenters. The first-order valence-corrected chi connectivity index (χ1v) is 6.51. The van der Waals surface area contributed by atoms with Crippen LogP contribution in [0.15, 0.2) is 16.7 Å². The van der Waals surface area contributed by atoms with Crippen LogP contribution in [0, 0.1) is 11.3 Å². The highest BCUT2D eigenvalue weighted by Crippen LogP contribution is 2.35. The molecule has 0 bridgehead atoms. The van der Waals surface area contributed by atoms with Crippen molar-refractivity contribution in [3.8, 4) is 16.8 Å². The van der Waals surface area contributed by atoms with Crippen LogP contribution in [0.25, 0.3) is 10.8 Å². The topological polar surface area (TPSA) is 71.9 Å². The summed E-state index contributed by atoms with van der Waals surface area (Å²) in [5.74, 6) is 1.04. The zero-order valence-electron chi connectivity index (χ0n) is 9.84. The van der Waals surface area contributed by atoms with Crippen LogP contribution in [0.2, 0.25) is 0 Å². The zero-order valence-corrected chi connectivity index (χ0v) is 10.7. The number of aromatic nitrogens is 2. The van der Waals surface area contributed by atoms with E-state index in [4.69, 9.17) is 14.5 Å². The third-order valence-corrected chi connectivity index (χ3v) is 4.02. The van der Waals surface area contributed by atoms with Crippen LogP contribution >= 0.6 is 11.3 Å². The van der Waals surface area contributed by atoms with E-state index in [1.54, 1.807) is 6.07 Å². The molecule has 0 aliphatic carbocycles. The highest BCUT2D eigenvalue weighted by atomic mass is 32.1. The predicted octanol–water partition coefficient (Wildman–Crippen LogP) is 2.70. The molecule has 5 nitrogen and oxygen atoms in total. The Labute approximate surface area is 108 Å². The molecule has 1 aliphatic rings. The van der Waals surface area contributed by atoms with Gasteiger partial charge < -0.3 is 9.26 Å². The van der Waals surface area contributed by atoms with Gasteiger partial charge in [-0.3, -0.25) is 0 Å².